The highest BCUT2D eigenvalue weighted by Crippen LogP contribution is 2.34. The molecular formula is C19H29N3. The van der Waals surface area contributed by atoms with Crippen LogP contribution in [0.25, 0.3) is 5.57 Å². The molecule has 22 heavy (non-hydrogen) atoms. The minimum atomic E-state index is 0.492. The third-order valence-electron chi connectivity index (χ3n) is 4.85. The predicted octanol–water partition coefficient (Wildman–Crippen LogP) is 3.73. The van der Waals surface area contributed by atoms with Crippen molar-refractivity contribution < 1.29 is 0 Å². The van der Waals surface area contributed by atoms with E-state index in [-0.39, 0.29) is 0 Å². The number of nitrogens with zero attached hydrogens (tertiary/aromatic N) is 2. The van der Waals surface area contributed by atoms with Gasteiger partial charge in [-0.05, 0) is 81.9 Å². The van der Waals surface area contributed by atoms with E-state index in [1.165, 1.54) is 47.3 Å². The molecule has 0 bridgehead atoms. The van der Waals surface area contributed by atoms with E-state index in [9.17, 15) is 0 Å². The van der Waals surface area contributed by atoms with E-state index in [1.54, 1.807) is 0 Å². The summed E-state index contributed by atoms with van der Waals surface area (Å²) in [6.07, 6.45) is 4.76. The summed E-state index contributed by atoms with van der Waals surface area (Å²) in [6, 6.07) is 5.92. The first-order valence-electron chi connectivity index (χ1n) is 8.60. The number of nitrogens with one attached hydrogen (secondary N) is 1. The lowest BCUT2D eigenvalue weighted by Crippen LogP contribution is -2.35. The summed E-state index contributed by atoms with van der Waals surface area (Å²) >= 11 is 0. The molecule has 3 heteroatoms. The summed E-state index contributed by atoms with van der Waals surface area (Å²) in [5, 5.41) is 2.22. The van der Waals surface area contributed by atoms with Gasteiger partial charge in [0.2, 0.25) is 0 Å². The minimum Gasteiger partial charge on any atom is -0.369 e. The van der Waals surface area contributed by atoms with Gasteiger partial charge in [-0.2, -0.15) is 0 Å². The number of aryl methyl sites for hydroxylation is 2. The van der Waals surface area contributed by atoms with E-state index in [1.807, 2.05) is 0 Å². The smallest absolute Gasteiger partial charge is 0.0422 e. The van der Waals surface area contributed by atoms with Gasteiger partial charge in [0.15, 0.2) is 0 Å². The molecule has 2 heterocycles. The molecule has 0 unspecified atom stereocenters. The van der Waals surface area contributed by atoms with Crippen molar-refractivity contribution in [2.45, 2.75) is 59.5 Å². The van der Waals surface area contributed by atoms with E-state index >= 15 is 0 Å². The Bertz CT molecular complexity index is 587. The van der Waals surface area contributed by atoms with Crippen LogP contribution < -0.4 is 10.3 Å². The van der Waals surface area contributed by atoms with Crippen LogP contribution in [0.1, 0.15) is 50.8 Å². The molecule has 0 aromatic heterocycles. The Morgan fingerprint density at radius 3 is 2.50 bits per heavy atom. The Kier molecular flexibility index (Phi) is 4.18. The molecule has 2 aliphatic rings. The molecule has 3 nitrogen and oxygen atoms in total. The van der Waals surface area contributed by atoms with Gasteiger partial charge in [-0.3, -0.25) is 0 Å². The minimum absolute atomic E-state index is 0.492. The molecule has 0 amide bonds. The average Bonchev–Trinajstić information content (AvgIpc) is 2.95. The van der Waals surface area contributed by atoms with Crippen LogP contribution in [0.2, 0.25) is 0 Å². The summed E-state index contributed by atoms with van der Waals surface area (Å²) in [6.45, 7) is 13.4. The molecule has 0 atom stereocenters. The fraction of sp³-hybridized carbons (Fsp3) is 0.579. The molecular weight excluding hydrogens is 270 g/mol. The van der Waals surface area contributed by atoms with Gasteiger partial charge < -0.3 is 9.91 Å². The number of anilines is 1. The molecule has 1 N–H and O–H groups in total. The first-order chi connectivity index (χ1) is 10.5. The quantitative estimate of drug-likeness (QED) is 0.917. The Balaban J connectivity index is 1.97. The van der Waals surface area contributed by atoms with Gasteiger partial charge in [-0.25, -0.2) is 5.43 Å². The van der Waals surface area contributed by atoms with Gasteiger partial charge in [-0.1, -0.05) is 0 Å². The van der Waals surface area contributed by atoms with Crippen LogP contribution in [0.4, 0.5) is 5.69 Å². The van der Waals surface area contributed by atoms with E-state index in [0.717, 1.165) is 6.54 Å². The lowest BCUT2D eigenvalue weighted by Gasteiger charge is -2.35. The second-order valence-corrected chi connectivity index (χ2v) is 7.18. The molecule has 0 spiro atoms. The fourth-order valence-electron chi connectivity index (χ4n) is 3.58. The normalized spacial score (nSPS) is 18.2. The van der Waals surface area contributed by atoms with Crippen LogP contribution in [0.15, 0.2) is 18.3 Å². The van der Waals surface area contributed by atoms with Crippen molar-refractivity contribution in [3.05, 3.63) is 35.0 Å². The maximum atomic E-state index is 3.47. The van der Waals surface area contributed by atoms with Gasteiger partial charge in [0.1, 0.15) is 0 Å². The van der Waals surface area contributed by atoms with Crippen molar-refractivity contribution >= 4 is 11.3 Å². The molecule has 1 aromatic carbocycles. The Labute approximate surface area is 135 Å². The average molecular weight is 299 g/mol. The van der Waals surface area contributed by atoms with Crippen molar-refractivity contribution in [1.82, 2.24) is 10.4 Å². The largest absolute Gasteiger partial charge is 0.369 e. The van der Waals surface area contributed by atoms with E-state index < -0.39 is 0 Å². The first kappa shape index (κ1) is 15.4. The Morgan fingerprint density at radius 2 is 1.86 bits per heavy atom. The molecule has 120 valence electrons. The number of hydrogen-bond acceptors (Lipinski definition) is 3. The molecule has 0 fully saturated rings. The molecule has 1 aromatic rings. The van der Waals surface area contributed by atoms with Crippen molar-refractivity contribution in [2.24, 2.45) is 0 Å². The van der Waals surface area contributed by atoms with Gasteiger partial charge in [0.05, 0.1) is 0 Å². The number of benzene rings is 1. The second kappa shape index (κ2) is 5.96. The van der Waals surface area contributed by atoms with Crippen LogP contribution in [-0.4, -0.2) is 30.2 Å². The van der Waals surface area contributed by atoms with Crippen LogP contribution in [0.5, 0.6) is 0 Å². The highest BCUT2D eigenvalue weighted by molar-refractivity contribution is 5.74. The van der Waals surface area contributed by atoms with Crippen LogP contribution in [-0.2, 0) is 6.42 Å². The topological polar surface area (TPSA) is 18.5 Å². The molecule has 2 aliphatic heterocycles. The summed E-state index contributed by atoms with van der Waals surface area (Å²) < 4.78 is 0. The fourth-order valence-corrected chi connectivity index (χ4v) is 3.58. The molecule has 3 rings (SSSR count). The Hall–Kier alpha value is -1.48. The van der Waals surface area contributed by atoms with Crippen LogP contribution in [0, 0.1) is 6.92 Å². The zero-order valence-electron chi connectivity index (χ0n) is 14.6. The molecule has 0 radical (unpaired) electrons. The van der Waals surface area contributed by atoms with Gasteiger partial charge >= 0.3 is 0 Å². The van der Waals surface area contributed by atoms with Crippen molar-refractivity contribution in [3.63, 3.8) is 0 Å². The zero-order chi connectivity index (χ0) is 15.9. The van der Waals surface area contributed by atoms with Crippen molar-refractivity contribution in [2.75, 3.05) is 18.0 Å². The summed E-state index contributed by atoms with van der Waals surface area (Å²) in [4.78, 5) is 2.55. The van der Waals surface area contributed by atoms with Gasteiger partial charge in [0, 0.05) is 37.1 Å². The number of rotatable bonds is 3. The molecule has 0 saturated carbocycles. The third-order valence-corrected chi connectivity index (χ3v) is 4.85. The van der Waals surface area contributed by atoms with Gasteiger partial charge in [-0.15, -0.1) is 0 Å². The lowest BCUT2D eigenvalue weighted by atomic mass is 9.92. The van der Waals surface area contributed by atoms with E-state index in [2.05, 4.69) is 68.3 Å². The second-order valence-electron chi connectivity index (χ2n) is 7.18. The summed E-state index contributed by atoms with van der Waals surface area (Å²) in [5.74, 6) is 0. The van der Waals surface area contributed by atoms with Gasteiger partial charge in [0.25, 0.3) is 0 Å². The number of fused-ring (bicyclic) bond motifs is 1. The predicted molar refractivity (Wildman–Crippen MR) is 94.9 cm³/mol. The lowest BCUT2D eigenvalue weighted by molar-refractivity contribution is 0.250. The SMILES string of the molecule is Cc1cc2c(cc1C1=CN(C(C)C)NC1)CCCN2C(C)C. The standard InChI is InChI=1S/C19H29N3/c1-13(2)21-8-6-7-16-10-18(15(5)9-19(16)21)17-11-20-22(12-17)14(3)4/h9-10,12-14,20H,6-8,11H2,1-5H3. The summed E-state index contributed by atoms with van der Waals surface area (Å²) in [5.41, 5.74) is 10.7. The monoisotopic (exact) mass is 299 g/mol. The van der Waals surface area contributed by atoms with Crippen LogP contribution in [0.3, 0.4) is 0 Å². The first-order valence-corrected chi connectivity index (χ1v) is 8.60. The zero-order valence-corrected chi connectivity index (χ0v) is 14.6. The maximum Gasteiger partial charge on any atom is 0.0422 e. The third kappa shape index (κ3) is 2.74. The van der Waals surface area contributed by atoms with Crippen molar-refractivity contribution in [3.8, 4) is 0 Å². The van der Waals surface area contributed by atoms with E-state index in [4.69, 9.17) is 0 Å². The highest BCUT2D eigenvalue weighted by Gasteiger charge is 2.23. The number of hydrazine groups is 1. The van der Waals surface area contributed by atoms with Crippen LogP contribution >= 0.6 is 0 Å². The Morgan fingerprint density at radius 1 is 1.09 bits per heavy atom. The van der Waals surface area contributed by atoms with E-state index in [0.29, 0.717) is 12.1 Å². The highest BCUT2D eigenvalue weighted by atomic mass is 15.5. The van der Waals surface area contributed by atoms with Crippen molar-refractivity contribution in [1.29, 1.82) is 0 Å². The summed E-state index contributed by atoms with van der Waals surface area (Å²) in [7, 11) is 0. The molecule has 0 saturated heterocycles. The maximum absolute atomic E-state index is 3.47. The number of hydrogen-bond donors (Lipinski definition) is 1. The molecule has 0 aliphatic carbocycles.